The quantitative estimate of drug-likeness (QED) is 0.694. The van der Waals surface area contributed by atoms with Crippen molar-refractivity contribution in [2.24, 2.45) is 0 Å². The molecule has 1 unspecified atom stereocenters. The van der Waals surface area contributed by atoms with Gasteiger partial charge in [-0.15, -0.1) is 0 Å². The SMILES string of the molecule is COc1ccc(CCS(=O)(=O)NCCN2CCOC(c3ccccc3)C2)cc1. The normalized spacial score (nSPS) is 18.1. The van der Waals surface area contributed by atoms with Gasteiger partial charge < -0.3 is 9.47 Å². The summed E-state index contributed by atoms with van der Waals surface area (Å²) >= 11 is 0. The lowest BCUT2D eigenvalue weighted by atomic mass is 10.1. The Morgan fingerprint density at radius 2 is 1.89 bits per heavy atom. The van der Waals surface area contributed by atoms with Gasteiger partial charge >= 0.3 is 0 Å². The summed E-state index contributed by atoms with van der Waals surface area (Å²) < 4.78 is 38.2. The summed E-state index contributed by atoms with van der Waals surface area (Å²) in [7, 11) is -1.69. The van der Waals surface area contributed by atoms with Crippen molar-refractivity contribution in [3.05, 3.63) is 65.7 Å². The first-order chi connectivity index (χ1) is 13.6. The second kappa shape index (κ2) is 10.0. The van der Waals surface area contributed by atoms with Crippen molar-refractivity contribution in [1.29, 1.82) is 0 Å². The fourth-order valence-electron chi connectivity index (χ4n) is 3.25. The molecule has 0 bridgehead atoms. The molecule has 2 aromatic carbocycles. The van der Waals surface area contributed by atoms with Gasteiger partial charge in [-0.2, -0.15) is 0 Å². The third-order valence-corrected chi connectivity index (χ3v) is 6.28. The van der Waals surface area contributed by atoms with Crippen LogP contribution in [0.2, 0.25) is 0 Å². The minimum absolute atomic E-state index is 0.0432. The van der Waals surface area contributed by atoms with Crippen LogP contribution in [0.5, 0.6) is 5.75 Å². The molecule has 1 saturated heterocycles. The molecule has 0 aliphatic carbocycles. The number of morpholine rings is 1. The van der Waals surface area contributed by atoms with Crippen LogP contribution < -0.4 is 9.46 Å². The van der Waals surface area contributed by atoms with Gasteiger partial charge in [-0.3, -0.25) is 4.90 Å². The number of rotatable bonds is 9. The van der Waals surface area contributed by atoms with Crippen LogP contribution in [0.15, 0.2) is 54.6 Å². The molecule has 1 aliphatic heterocycles. The molecule has 6 nitrogen and oxygen atoms in total. The second-order valence-electron chi connectivity index (χ2n) is 6.88. The van der Waals surface area contributed by atoms with Gasteiger partial charge in [0.2, 0.25) is 10.0 Å². The van der Waals surface area contributed by atoms with Crippen molar-refractivity contribution in [2.45, 2.75) is 12.5 Å². The van der Waals surface area contributed by atoms with Crippen molar-refractivity contribution in [2.75, 3.05) is 45.6 Å². The first kappa shape index (κ1) is 20.8. The zero-order valence-corrected chi connectivity index (χ0v) is 17.0. The lowest BCUT2D eigenvalue weighted by Gasteiger charge is -2.33. The highest BCUT2D eigenvalue weighted by atomic mass is 32.2. The molecular formula is C21H28N2O4S. The number of methoxy groups -OCH3 is 1. The van der Waals surface area contributed by atoms with Crippen LogP contribution >= 0.6 is 0 Å². The first-order valence-corrected chi connectivity index (χ1v) is 11.2. The maximum atomic E-state index is 12.3. The van der Waals surface area contributed by atoms with Crippen molar-refractivity contribution in [3.8, 4) is 5.75 Å². The van der Waals surface area contributed by atoms with Crippen LogP contribution in [-0.4, -0.2) is 59.0 Å². The number of nitrogens with one attached hydrogen (secondary N) is 1. The average Bonchev–Trinajstić information content (AvgIpc) is 2.73. The Balaban J connectivity index is 1.41. The largest absolute Gasteiger partial charge is 0.497 e. The Morgan fingerprint density at radius 3 is 2.61 bits per heavy atom. The topological polar surface area (TPSA) is 67.9 Å². The predicted molar refractivity (Wildman–Crippen MR) is 110 cm³/mol. The van der Waals surface area contributed by atoms with Crippen LogP contribution in [0.4, 0.5) is 0 Å². The minimum atomic E-state index is -3.30. The summed E-state index contributed by atoms with van der Waals surface area (Å²) in [4.78, 5) is 2.24. The van der Waals surface area contributed by atoms with Gasteiger partial charge in [-0.05, 0) is 29.7 Å². The lowest BCUT2D eigenvalue weighted by molar-refractivity contribution is -0.0291. The summed E-state index contributed by atoms with van der Waals surface area (Å²) in [6.07, 6.45) is 0.522. The molecule has 3 rings (SSSR count). The van der Waals surface area contributed by atoms with E-state index in [0.29, 0.717) is 26.1 Å². The molecule has 1 aliphatic rings. The number of sulfonamides is 1. The molecule has 7 heteroatoms. The van der Waals surface area contributed by atoms with E-state index in [1.165, 1.54) is 0 Å². The Morgan fingerprint density at radius 1 is 1.14 bits per heavy atom. The van der Waals surface area contributed by atoms with Crippen LogP contribution in [0, 0.1) is 0 Å². The second-order valence-corrected chi connectivity index (χ2v) is 8.81. The Labute approximate surface area is 167 Å². The van der Waals surface area contributed by atoms with Crippen molar-refractivity contribution in [1.82, 2.24) is 9.62 Å². The lowest BCUT2D eigenvalue weighted by Crippen LogP contribution is -2.43. The molecule has 2 aromatic rings. The van der Waals surface area contributed by atoms with Gasteiger partial charge in [0.25, 0.3) is 0 Å². The zero-order valence-electron chi connectivity index (χ0n) is 16.2. The predicted octanol–water partition coefficient (Wildman–Crippen LogP) is 2.23. The summed E-state index contributed by atoms with van der Waals surface area (Å²) in [6.45, 7) is 3.33. The minimum Gasteiger partial charge on any atom is -0.497 e. The molecule has 0 amide bonds. The van der Waals surface area contributed by atoms with E-state index in [-0.39, 0.29) is 11.9 Å². The van der Waals surface area contributed by atoms with E-state index >= 15 is 0 Å². The van der Waals surface area contributed by atoms with Crippen LogP contribution in [0.3, 0.4) is 0 Å². The summed E-state index contributed by atoms with van der Waals surface area (Å²) in [5.74, 6) is 0.846. The van der Waals surface area contributed by atoms with Crippen LogP contribution in [0.25, 0.3) is 0 Å². The smallest absolute Gasteiger partial charge is 0.211 e. The molecule has 28 heavy (non-hydrogen) atoms. The molecule has 0 radical (unpaired) electrons. The van der Waals surface area contributed by atoms with E-state index in [1.54, 1.807) is 7.11 Å². The standard InChI is InChI=1S/C21H28N2O4S/c1-26-20-9-7-18(8-10-20)11-16-28(24,25)22-12-13-23-14-15-27-21(17-23)19-5-3-2-4-6-19/h2-10,21-22H,11-17H2,1H3. The van der Waals surface area contributed by atoms with Crippen LogP contribution in [-0.2, 0) is 21.2 Å². The van der Waals surface area contributed by atoms with E-state index < -0.39 is 10.0 Å². The van der Waals surface area contributed by atoms with E-state index in [4.69, 9.17) is 9.47 Å². The van der Waals surface area contributed by atoms with E-state index in [9.17, 15) is 8.42 Å². The maximum Gasteiger partial charge on any atom is 0.211 e. The fourth-order valence-corrected chi connectivity index (χ4v) is 4.30. The summed E-state index contributed by atoms with van der Waals surface area (Å²) in [5, 5.41) is 0. The molecule has 1 heterocycles. The third kappa shape index (κ3) is 6.31. The zero-order chi connectivity index (χ0) is 19.8. The van der Waals surface area contributed by atoms with Crippen molar-refractivity contribution >= 4 is 10.0 Å². The van der Waals surface area contributed by atoms with Gasteiger partial charge in [-0.25, -0.2) is 13.1 Å². The molecule has 1 N–H and O–H groups in total. The van der Waals surface area contributed by atoms with E-state index in [0.717, 1.165) is 30.0 Å². The first-order valence-electron chi connectivity index (χ1n) is 9.55. The Bertz CT molecular complexity index is 825. The molecule has 1 fully saturated rings. The molecule has 0 aromatic heterocycles. The van der Waals surface area contributed by atoms with Gasteiger partial charge in [0.15, 0.2) is 0 Å². The number of ether oxygens (including phenoxy) is 2. The van der Waals surface area contributed by atoms with Gasteiger partial charge in [-0.1, -0.05) is 42.5 Å². The highest BCUT2D eigenvalue weighted by molar-refractivity contribution is 7.89. The highest BCUT2D eigenvalue weighted by Crippen LogP contribution is 2.21. The van der Waals surface area contributed by atoms with E-state index in [2.05, 4.69) is 21.8 Å². The van der Waals surface area contributed by atoms with E-state index in [1.807, 2.05) is 42.5 Å². The van der Waals surface area contributed by atoms with Gasteiger partial charge in [0, 0.05) is 26.2 Å². The highest BCUT2D eigenvalue weighted by Gasteiger charge is 2.22. The summed E-state index contributed by atoms with van der Waals surface area (Å²) in [5.41, 5.74) is 2.14. The molecule has 0 spiro atoms. The molecule has 0 saturated carbocycles. The van der Waals surface area contributed by atoms with Crippen LogP contribution in [0.1, 0.15) is 17.2 Å². The monoisotopic (exact) mass is 404 g/mol. The average molecular weight is 405 g/mol. The number of hydrogen-bond donors (Lipinski definition) is 1. The Hall–Kier alpha value is -1.93. The van der Waals surface area contributed by atoms with Crippen molar-refractivity contribution < 1.29 is 17.9 Å². The number of benzene rings is 2. The van der Waals surface area contributed by atoms with Crippen molar-refractivity contribution in [3.63, 3.8) is 0 Å². The maximum absolute atomic E-state index is 12.3. The Kier molecular flexibility index (Phi) is 7.44. The number of hydrogen-bond acceptors (Lipinski definition) is 5. The summed E-state index contributed by atoms with van der Waals surface area (Å²) in [6, 6.07) is 17.6. The molecule has 152 valence electrons. The number of nitrogens with zero attached hydrogens (tertiary/aromatic N) is 1. The van der Waals surface area contributed by atoms with Gasteiger partial charge in [0.05, 0.1) is 25.6 Å². The fraction of sp³-hybridized carbons (Fsp3) is 0.429. The number of aryl methyl sites for hydroxylation is 1. The molecular weight excluding hydrogens is 376 g/mol. The molecule has 1 atom stereocenters. The third-order valence-electron chi connectivity index (χ3n) is 4.89. The van der Waals surface area contributed by atoms with Gasteiger partial charge in [0.1, 0.15) is 5.75 Å².